The van der Waals surface area contributed by atoms with Crippen LogP contribution in [0.15, 0.2) is 0 Å². The average Bonchev–Trinajstić information content (AvgIpc) is 2.33. The van der Waals surface area contributed by atoms with Gasteiger partial charge in [0.25, 0.3) is 0 Å². The van der Waals surface area contributed by atoms with E-state index in [2.05, 4.69) is 9.62 Å². The molecule has 0 aromatic carbocycles. The Bertz CT molecular complexity index is 538. The van der Waals surface area contributed by atoms with Gasteiger partial charge in [0, 0.05) is 32.7 Å². The van der Waals surface area contributed by atoms with Crippen LogP contribution in [0.25, 0.3) is 0 Å². The van der Waals surface area contributed by atoms with E-state index in [0.717, 1.165) is 39.1 Å². The maximum absolute atomic E-state index is 12.0. The third-order valence-corrected chi connectivity index (χ3v) is 5.29. The molecule has 2 heterocycles. The lowest BCUT2D eigenvalue weighted by molar-refractivity contribution is -0.0194. The fourth-order valence-corrected chi connectivity index (χ4v) is 3.82. The van der Waals surface area contributed by atoms with E-state index in [0.29, 0.717) is 18.4 Å². The van der Waals surface area contributed by atoms with Crippen LogP contribution in [-0.4, -0.2) is 75.4 Å². The van der Waals surface area contributed by atoms with E-state index < -0.39 is 15.6 Å². The molecule has 2 rings (SSSR count). The van der Waals surface area contributed by atoms with Crippen molar-refractivity contribution in [2.24, 2.45) is 11.8 Å². The van der Waals surface area contributed by atoms with Crippen LogP contribution in [0.3, 0.4) is 0 Å². The summed E-state index contributed by atoms with van der Waals surface area (Å²) in [5, 5.41) is 0. The number of sulfonamides is 1. The summed E-state index contributed by atoms with van der Waals surface area (Å²) in [6.07, 6.45) is 3.28. The number of hydrogen-bond acceptors (Lipinski definition) is 5. The van der Waals surface area contributed by atoms with Crippen molar-refractivity contribution in [3.63, 3.8) is 0 Å². The number of carbonyl (C=O) groups excluding carboxylic acids is 1. The van der Waals surface area contributed by atoms with Crippen LogP contribution in [-0.2, 0) is 14.8 Å². The van der Waals surface area contributed by atoms with Crippen LogP contribution in [0.1, 0.15) is 33.6 Å². The number of amides is 1. The van der Waals surface area contributed by atoms with E-state index >= 15 is 0 Å². The highest BCUT2D eigenvalue weighted by atomic mass is 32.2. The summed E-state index contributed by atoms with van der Waals surface area (Å²) in [7, 11) is -3.11. The summed E-state index contributed by atoms with van der Waals surface area (Å²) < 4.78 is 30.2. The van der Waals surface area contributed by atoms with Gasteiger partial charge in [-0.25, -0.2) is 17.9 Å². The molecule has 2 aliphatic rings. The molecule has 2 aliphatic heterocycles. The molecule has 0 saturated carbocycles. The second-order valence-corrected chi connectivity index (χ2v) is 9.85. The topological polar surface area (TPSA) is 79.0 Å². The lowest BCUT2D eigenvalue weighted by Gasteiger charge is -2.46. The number of likely N-dealkylation sites (tertiary alicyclic amines) is 2. The van der Waals surface area contributed by atoms with Crippen LogP contribution >= 0.6 is 0 Å². The van der Waals surface area contributed by atoms with E-state index in [4.69, 9.17) is 4.74 Å². The van der Waals surface area contributed by atoms with Gasteiger partial charge in [0.1, 0.15) is 5.60 Å². The molecule has 8 heteroatoms. The second-order valence-electron chi connectivity index (χ2n) is 8.01. The minimum atomic E-state index is -3.11. The summed E-state index contributed by atoms with van der Waals surface area (Å²) >= 11 is 0. The molecule has 2 fully saturated rings. The molecule has 24 heavy (non-hydrogen) atoms. The molecule has 140 valence electrons. The summed E-state index contributed by atoms with van der Waals surface area (Å²) in [5.41, 5.74) is -0.448. The van der Waals surface area contributed by atoms with Gasteiger partial charge in [0.2, 0.25) is 10.0 Å². The maximum atomic E-state index is 12.0. The van der Waals surface area contributed by atoms with Gasteiger partial charge in [0.15, 0.2) is 0 Å². The van der Waals surface area contributed by atoms with Gasteiger partial charge in [-0.1, -0.05) is 0 Å². The predicted octanol–water partition coefficient (Wildman–Crippen LogP) is 1.11. The fraction of sp³-hybridized carbons (Fsp3) is 0.938. The molecule has 0 unspecified atom stereocenters. The van der Waals surface area contributed by atoms with E-state index in [-0.39, 0.29) is 6.09 Å². The third kappa shape index (κ3) is 6.22. The highest BCUT2D eigenvalue weighted by Crippen LogP contribution is 2.31. The molecule has 0 aromatic heterocycles. The SMILES string of the molecule is CC(C)(C)OC(=O)N1CC([C@H]2CCCN(CCNS(C)(=O)=O)C2)C1. The normalized spacial score (nSPS) is 23.8. The largest absolute Gasteiger partial charge is 0.444 e. The average molecular weight is 362 g/mol. The maximum Gasteiger partial charge on any atom is 0.410 e. The monoisotopic (exact) mass is 361 g/mol. The van der Waals surface area contributed by atoms with Crippen LogP contribution in [0.5, 0.6) is 0 Å². The van der Waals surface area contributed by atoms with Gasteiger partial charge in [-0.2, -0.15) is 0 Å². The van der Waals surface area contributed by atoms with Crippen molar-refractivity contribution in [1.82, 2.24) is 14.5 Å². The molecule has 0 bridgehead atoms. The molecule has 2 saturated heterocycles. The molecule has 0 aliphatic carbocycles. The zero-order valence-corrected chi connectivity index (χ0v) is 16.1. The second kappa shape index (κ2) is 7.58. The van der Waals surface area contributed by atoms with Crippen molar-refractivity contribution in [3.8, 4) is 0 Å². The molecule has 7 nitrogen and oxygen atoms in total. The molecule has 1 atom stereocenters. The first-order valence-corrected chi connectivity index (χ1v) is 10.6. The Kier molecular flexibility index (Phi) is 6.14. The Labute approximate surface area is 145 Å². The minimum absolute atomic E-state index is 0.219. The molecule has 0 aromatic rings. The first-order chi connectivity index (χ1) is 11.0. The van der Waals surface area contributed by atoms with Gasteiger partial charge >= 0.3 is 6.09 Å². The van der Waals surface area contributed by atoms with Crippen LogP contribution in [0.2, 0.25) is 0 Å². The van der Waals surface area contributed by atoms with Crippen molar-refractivity contribution in [2.75, 3.05) is 45.5 Å². The van der Waals surface area contributed by atoms with Gasteiger partial charge in [-0.3, -0.25) is 0 Å². The van der Waals surface area contributed by atoms with E-state index in [1.807, 2.05) is 20.8 Å². The highest BCUT2D eigenvalue weighted by molar-refractivity contribution is 7.88. The number of nitrogens with one attached hydrogen (secondary N) is 1. The van der Waals surface area contributed by atoms with Crippen molar-refractivity contribution in [3.05, 3.63) is 0 Å². The van der Waals surface area contributed by atoms with Gasteiger partial charge in [-0.15, -0.1) is 0 Å². The number of hydrogen-bond donors (Lipinski definition) is 1. The van der Waals surface area contributed by atoms with Gasteiger partial charge < -0.3 is 14.5 Å². The zero-order valence-electron chi connectivity index (χ0n) is 15.2. The molecule has 0 radical (unpaired) electrons. The number of piperidine rings is 1. The number of carbonyl (C=O) groups is 1. The Morgan fingerprint density at radius 3 is 2.46 bits per heavy atom. The quantitative estimate of drug-likeness (QED) is 0.794. The molecule has 1 amide bonds. The van der Waals surface area contributed by atoms with E-state index in [1.54, 1.807) is 4.90 Å². The molecule has 1 N–H and O–H groups in total. The van der Waals surface area contributed by atoms with Crippen molar-refractivity contribution in [1.29, 1.82) is 0 Å². The lowest BCUT2D eigenvalue weighted by Crippen LogP contribution is -2.56. The first kappa shape index (κ1) is 19.5. The van der Waals surface area contributed by atoms with Gasteiger partial charge in [0.05, 0.1) is 6.26 Å². The van der Waals surface area contributed by atoms with Crippen molar-refractivity contribution in [2.45, 2.75) is 39.2 Å². The summed E-state index contributed by atoms with van der Waals surface area (Å²) in [4.78, 5) is 16.1. The van der Waals surface area contributed by atoms with Crippen LogP contribution in [0.4, 0.5) is 4.79 Å². The Hall–Kier alpha value is -0.860. The summed E-state index contributed by atoms with van der Waals surface area (Å²) in [5.74, 6) is 1.11. The van der Waals surface area contributed by atoms with Crippen molar-refractivity contribution < 1.29 is 17.9 Å². The predicted molar refractivity (Wildman–Crippen MR) is 93.3 cm³/mol. The standard InChI is InChI=1S/C16H31N3O4S/c1-16(2,3)23-15(20)19-11-14(12-19)13-6-5-8-18(10-13)9-7-17-24(4,21)22/h13-14,17H,5-12H2,1-4H3/t13-/m0/s1. The smallest absolute Gasteiger partial charge is 0.410 e. The van der Waals surface area contributed by atoms with E-state index in [9.17, 15) is 13.2 Å². The Morgan fingerprint density at radius 2 is 1.88 bits per heavy atom. The zero-order chi connectivity index (χ0) is 18.0. The van der Waals surface area contributed by atoms with Crippen LogP contribution in [0, 0.1) is 11.8 Å². The fourth-order valence-electron chi connectivity index (χ4n) is 3.35. The highest BCUT2D eigenvalue weighted by Gasteiger charge is 2.39. The lowest BCUT2D eigenvalue weighted by atomic mass is 9.81. The molecular formula is C16H31N3O4S. The number of rotatable bonds is 5. The third-order valence-electron chi connectivity index (χ3n) is 4.56. The molecule has 0 spiro atoms. The first-order valence-electron chi connectivity index (χ1n) is 8.68. The summed E-state index contributed by atoms with van der Waals surface area (Å²) in [6.45, 7) is 10.4. The Balaban J connectivity index is 1.71. The molecular weight excluding hydrogens is 330 g/mol. The van der Waals surface area contributed by atoms with Crippen molar-refractivity contribution >= 4 is 16.1 Å². The Morgan fingerprint density at radius 1 is 1.21 bits per heavy atom. The van der Waals surface area contributed by atoms with Gasteiger partial charge in [-0.05, 0) is 52.0 Å². The summed E-state index contributed by atoms with van der Waals surface area (Å²) in [6, 6.07) is 0. The van der Waals surface area contributed by atoms with E-state index in [1.165, 1.54) is 12.7 Å². The van der Waals surface area contributed by atoms with Crippen LogP contribution < -0.4 is 4.72 Å². The minimum Gasteiger partial charge on any atom is -0.444 e. The number of nitrogens with zero attached hydrogens (tertiary/aromatic N) is 2. The number of ether oxygens (including phenoxy) is 1.